The average molecular weight is 612 g/mol. The van der Waals surface area contributed by atoms with E-state index in [4.69, 9.17) is 4.74 Å². The van der Waals surface area contributed by atoms with Gasteiger partial charge in [-0.1, -0.05) is 24.3 Å². The summed E-state index contributed by atoms with van der Waals surface area (Å²) in [5.74, 6) is 0.756. The summed E-state index contributed by atoms with van der Waals surface area (Å²) >= 11 is 0. The van der Waals surface area contributed by atoms with E-state index in [2.05, 4.69) is 24.1 Å². The predicted octanol–water partition coefficient (Wildman–Crippen LogP) is 6.59. The smallest absolute Gasteiger partial charge is 0.127 e. The molecule has 0 aliphatic carbocycles. The molecule has 2 aliphatic rings. The second-order valence-electron chi connectivity index (χ2n) is 10.9. The van der Waals surface area contributed by atoms with Crippen LogP contribution < -0.4 is 10.1 Å². The Labute approximate surface area is 254 Å². The van der Waals surface area contributed by atoms with Gasteiger partial charge in [0.15, 0.2) is 0 Å². The molecule has 5 rings (SSSR count). The molecule has 226 valence electrons. The number of nitrogens with zero attached hydrogens (tertiary/aromatic N) is 1. The van der Waals surface area contributed by atoms with Crippen LogP contribution in [0, 0.1) is 32.4 Å². The van der Waals surface area contributed by atoms with Crippen LogP contribution in [0.25, 0.3) is 0 Å². The summed E-state index contributed by atoms with van der Waals surface area (Å²) in [6, 6.07) is 11.1. The van der Waals surface area contributed by atoms with Crippen LogP contribution in [0.1, 0.15) is 59.3 Å². The molecule has 2 aliphatic heterocycles. The number of aliphatic hydroxyl groups excluding tert-OH is 1. The molecule has 3 aromatic carbocycles. The van der Waals surface area contributed by atoms with Crippen LogP contribution in [0.2, 0.25) is 0 Å². The molecule has 0 amide bonds. The maximum Gasteiger partial charge on any atom is 0.127 e. The highest BCUT2D eigenvalue weighted by molar-refractivity contribution is 5.85. The van der Waals surface area contributed by atoms with Crippen LogP contribution in [-0.4, -0.2) is 53.4 Å². The molecule has 0 spiro atoms. The first-order valence-electron chi connectivity index (χ1n) is 13.7. The molecule has 1 fully saturated rings. The molecule has 0 saturated carbocycles. The molecule has 0 radical (unpaired) electrons. The molecular formula is C32H42Cl2F2N2O3. The summed E-state index contributed by atoms with van der Waals surface area (Å²) in [4.78, 5) is 2.53. The van der Waals surface area contributed by atoms with Crippen molar-refractivity contribution in [2.45, 2.75) is 58.7 Å². The molecule has 0 aromatic heterocycles. The second-order valence-corrected chi connectivity index (χ2v) is 10.9. The third-order valence-corrected chi connectivity index (χ3v) is 8.13. The van der Waals surface area contributed by atoms with Crippen molar-refractivity contribution in [2.24, 2.45) is 0 Å². The summed E-state index contributed by atoms with van der Waals surface area (Å²) < 4.78 is 31.9. The minimum Gasteiger partial charge on any atom is -0.507 e. The van der Waals surface area contributed by atoms with Gasteiger partial charge in [0.05, 0.1) is 0 Å². The molecule has 1 unspecified atom stereocenters. The number of aliphatic hydroxyl groups is 1. The zero-order chi connectivity index (χ0) is 28.2. The van der Waals surface area contributed by atoms with E-state index in [-0.39, 0.29) is 42.0 Å². The van der Waals surface area contributed by atoms with E-state index >= 15 is 0 Å². The van der Waals surface area contributed by atoms with Gasteiger partial charge in [-0.15, -0.1) is 24.8 Å². The van der Waals surface area contributed by atoms with Crippen LogP contribution in [0.3, 0.4) is 0 Å². The van der Waals surface area contributed by atoms with Crippen molar-refractivity contribution in [3.05, 3.63) is 93.5 Å². The van der Waals surface area contributed by atoms with Gasteiger partial charge in [0.1, 0.15) is 34.8 Å². The van der Waals surface area contributed by atoms with Gasteiger partial charge in [-0.05, 0) is 99.0 Å². The highest BCUT2D eigenvalue weighted by atomic mass is 35.5. The summed E-state index contributed by atoms with van der Waals surface area (Å²) in [6.07, 6.45) is 2.22. The molecule has 9 heteroatoms. The molecule has 1 atom stereocenters. The number of fused-ring (bicyclic) bond motifs is 1. The Balaban J connectivity index is 0.000000290. The van der Waals surface area contributed by atoms with Crippen molar-refractivity contribution in [1.29, 1.82) is 0 Å². The van der Waals surface area contributed by atoms with Gasteiger partial charge in [0.25, 0.3) is 0 Å². The lowest BCUT2D eigenvalue weighted by atomic mass is 9.85. The van der Waals surface area contributed by atoms with Gasteiger partial charge in [-0.3, -0.25) is 0 Å². The number of hydrogen-bond donors (Lipinski definition) is 3. The molecule has 41 heavy (non-hydrogen) atoms. The Morgan fingerprint density at radius 3 is 1.90 bits per heavy atom. The third kappa shape index (κ3) is 8.55. The SMILES string of the molecule is Cc1c(C)c2c(c(C)c1O)CCC(C)(CCN1CCNCC1)O2.Cl.Cl.OC(c1ccc(F)cc1)c1ccc(F)cc1. The van der Waals surface area contributed by atoms with Crippen LogP contribution in [-0.2, 0) is 6.42 Å². The van der Waals surface area contributed by atoms with Crippen LogP contribution in [0.4, 0.5) is 8.78 Å². The van der Waals surface area contributed by atoms with Gasteiger partial charge in [-0.25, -0.2) is 8.78 Å². The van der Waals surface area contributed by atoms with E-state index in [9.17, 15) is 19.0 Å². The molecular weight excluding hydrogens is 569 g/mol. The minimum atomic E-state index is -0.860. The Bertz CT molecular complexity index is 1220. The summed E-state index contributed by atoms with van der Waals surface area (Å²) in [5.41, 5.74) is 5.29. The Kier molecular flexibility index (Phi) is 12.9. The lowest BCUT2D eigenvalue weighted by Gasteiger charge is -2.39. The number of nitrogens with one attached hydrogen (secondary N) is 1. The largest absolute Gasteiger partial charge is 0.507 e. The highest BCUT2D eigenvalue weighted by Crippen LogP contribution is 2.44. The average Bonchev–Trinajstić information content (AvgIpc) is 2.95. The van der Waals surface area contributed by atoms with E-state index in [1.165, 1.54) is 54.1 Å². The number of hydrogen-bond acceptors (Lipinski definition) is 5. The molecule has 1 saturated heterocycles. The quantitative estimate of drug-likeness (QED) is 0.304. The van der Waals surface area contributed by atoms with Crippen molar-refractivity contribution in [3.8, 4) is 11.5 Å². The van der Waals surface area contributed by atoms with E-state index in [1.54, 1.807) is 0 Å². The molecule has 2 heterocycles. The maximum absolute atomic E-state index is 12.7. The first kappa shape index (κ1) is 34.8. The van der Waals surface area contributed by atoms with Crippen molar-refractivity contribution in [2.75, 3.05) is 32.7 Å². The zero-order valence-electron chi connectivity index (χ0n) is 24.2. The Hall–Kier alpha value is -2.42. The van der Waals surface area contributed by atoms with Crippen molar-refractivity contribution >= 4 is 24.8 Å². The number of ether oxygens (including phenoxy) is 1. The van der Waals surface area contributed by atoms with Crippen molar-refractivity contribution < 1.29 is 23.7 Å². The fraction of sp³-hybridized carbons (Fsp3) is 0.438. The lowest BCUT2D eigenvalue weighted by Crippen LogP contribution is -2.46. The number of benzene rings is 3. The van der Waals surface area contributed by atoms with Gasteiger partial charge in [0, 0.05) is 38.3 Å². The fourth-order valence-electron chi connectivity index (χ4n) is 5.28. The van der Waals surface area contributed by atoms with Crippen LogP contribution in [0.5, 0.6) is 11.5 Å². The number of piperazine rings is 1. The second kappa shape index (κ2) is 15.2. The normalized spacial score (nSPS) is 18.2. The molecule has 5 nitrogen and oxygen atoms in total. The van der Waals surface area contributed by atoms with Crippen LogP contribution >= 0.6 is 24.8 Å². The lowest BCUT2D eigenvalue weighted by molar-refractivity contribution is 0.0421. The zero-order valence-corrected chi connectivity index (χ0v) is 25.8. The standard InChI is InChI=1S/C19H30N2O2.C13H10F2O.2ClH/c1-13-14(2)18-16(15(3)17(13)22)5-6-19(4,23-18)7-10-21-11-8-20-9-12-21;14-11-5-1-9(2-6-11)13(16)10-3-7-12(15)8-4-10;;/h20,22H,5-12H2,1-4H3;1-8,13,16H;2*1H. The van der Waals surface area contributed by atoms with Gasteiger partial charge < -0.3 is 25.2 Å². The van der Waals surface area contributed by atoms with Gasteiger partial charge >= 0.3 is 0 Å². The fourth-order valence-corrected chi connectivity index (χ4v) is 5.28. The maximum atomic E-state index is 12.7. The first-order chi connectivity index (χ1) is 18.6. The summed E-state index contributed by atoms with van der Waals surface area (Å²) in [6.45, 7) is 13.9. The van der Waals surface area contributed by atoms with E-state index in [0.717, 1.165) is 74.4 Å². The Morgan fingerprint density at radius 1 is 0.878 bits per heavy atom. The highest BCUT2D eigenvalue weighted by Gasteiger charge is 2.34. The number of phenols is 1. The van der Waals surface area contributed by atoms with Gasteiger partial charge in [-0.2, -0.15) is 0 Å². The summed E-state index contributed by atoms with van der Waals surface area (Å²) in [5, 5.41) is 23.6. The number of phenolic OH excluding ortho intramolecular Hbond substituents is 1. The van der Waals surface area contributed by atoms with Crippen molar-refractivity contribution in [3.63, 3.8) is 0 Å². The van der Waals surface area contributed by atoms with E-state index in [0.29, 0.717) is 16.9 Å². The molecule has 3 aromatic rings. The van der Waals surface area contributed by atoms with E-state index in [1.807, 2.05) is 13.8 Å². The number of rotatable bonds is 5. The Morgan fingerprint density at radius 2 is 1.39 bits per heavy atom. The van der Waals surface area contributed by atoms with E-state index < -0.39 is 6.10 Å². The van der Waals surface area contributed by atoms with Crippen LogP contribution in [0.15, 0.2) is 48.5 Å². The monoisotopic (exact) mass is 610 g/mol. The molecule has 3 N–H and O–H groups in total. The first-order valence-corrected chi connectivity index (χ1v) is 13.7. The summed E-state index contributed by atoms with van der Waals surface area (Å²) in [7, 11) is 0. The molecule has 0 bridgehead atoms. The van der Waals surface area contributed by atoms with Gasteiger partial charge in [0.2, 0.25) is 0 Å². The predicted molar refractivity (Wildman–Crippen MR) is 165 cm³/mol. The third-order valence-electron chi connectivity index (χ3n) is 8.13. The minimum absolute atomic E-state index is 0. The number of halogens is 4. The topological polar surface area (TPSA) is 65.0 Å². The number of aromatic hydroxyl groups is 1. The van der Waals surface area contributed by atoms with Crippen molar-refractivity contribution in [1.82, 2.24) is 10.2 Å².